The molecule has 0 aliphatic heterocycles. The molecule has 0 saturated heterocycles. The van der Waals surface area contributed by atoms with E-state index in [1.165, 1.54) is 0 Å². The van der Waals surface area contributed by atoms with Crippen LogP contribution in [0.3, 0.4) is 0 Å². The lowest BCUT2D eigenvalue weighted by atomic mass is 9.92. The van der Waals surface area contributed by atoms with Crippen LogP contribution in [0.4, 0.5) is 0 Å². The third kappa shape index (κ3) is 3.71. The number of benzene rings is 1. The van der Waals surface area contributed by atoms with Gasteiger partial charge in [-0.15, -0.1) is 0 Å². The number of Topliss-reactive ketones (excluding diaryl/α,β-unsaturated/α-hetero) is 1. The van der Waals surface area contributed by atoms with Crippen molar-refractivity contribution in [2.45, 2.75) is 39.2 Å². The number of rotatable bonds is 6. The van der Waals surface area contributed by atoms with Crippen LogP contribution in [0.15, 0.2) is 18.2 Å². The summed E-state index contributed by atoms with van der Waals surface area (Å²) in [5.74, 6) is 0.0241. The van der Waals surface area contributed by atoms with E-state index < -0.39 is 5.60 Å². The fraction of sp³-hybridized carbons (Fsp3) is 0.500. The number of halogens is 2. The number of ether oxygens (including phenoxy) is 1. The standard InChI is InChI=1S/C14H18Cl2O2/c1-4-14(3,18-5-2)13(17)9-10-8-11(15)6-7-12(10)16/h6-8H,4-5,9H2,1-3H3. The quantitative estimate of drug-likeness (QED) is 0.780. The summed E-state index contributed by atoms with van der Waals surface area (Å²) >= 11 is 12.0. The zero-order chi connectivity index (χ0) is 13.8. The van der Waals surface area contributed by atoms with E-state index in [4.69, 9.17) is 27.9 Å². The van der Waals surface area contributed by atoms with Crippen LogP contribution in [0, 0.1) is 0 Å². The van der Waals surface area contributed by atoms with Crippen molar-refractivity contribution >= 4 is 29.0 Å². The van der Waals surface area contributed by atoms with Crippen LogP contribution in [0.1, 0.15) is 32.8 Å². The first kappa shape index (κ1) is 15.5. The lowest BCUT2D eigenvalue weighted by Gasteiger charge is -2.26. The Bertz CT molecular complexity index is 432. The van der Waals surface area contributed by atoms with Crippen molar-refractivity contribution in [3.63, 3.8) is 0 Å². The van der Waals surface area contributed by atoms with Gasteiger partial charge in [0, 0.05) is 23.1 Å². The van der Waals surface area contributed by atoms with Crippen LogP contribution in [0.2, 0.25) is 10.0 Å². The molecule has 2 nitrogen and oxygen atoms in total. The molecule has 0 bridgehead atoms. The molecule has 4 heteroatoms. The number of ketones is 1. The van der Waals surface area contributed by atoms with E-state index in [2.05, 4.69) is 0 Å². The van der Waals surface area contributed by atoms with E-state index in [1.54, 1.807) is 18.2 Å². The van der Waals surface area contributed by atoms with E-state index in [-0.39, 0.29) is 12.2 Å². The molecule has 1 aromatic carbocycles. The molecule has 0 N–H and O–H groups in total. The van der Waals surface area contributed by atoms with Crippen LogP contribution in [0.5, 0.6) is 0 Å². The molecule has 0 radical (unpaired) electrons. The maximum absolute atomic E-state index is 12.3. The van der Waals surface area contributed by atoms with Gasteiger partial charge in [0.1, 0.15) is 5.60 Å². The summed E-state index contributed by atoms with van der Waals surface area (Å²) in [5.41, 5.74) is -0.00558. The molecule has 0 aliphatic rings. The molecular weight excluding hydrogens is 271 g/mol. The Balaban J connectivity index is 2.89. The fourth-order valence-corrected chi connectivity index (χ4v) is 2.12. The Morgan fingerprint density at radius 1 is 1.33 bits per heavy atom. The SMILES string of the molecule is CCOC(C)(CC)C(=O)Cc1cc(Cl)ccc1Cl. The van der Waals surface area contributed by atoms with E-state index in [9.17, 15) is 4.79 Å². The summed E-state index contributed by atoms with van der Waals surface area (Å²) < 4.78 is 5.56. The summed E-state index contributed by atoms with van der Waals surface area (Å²) in [7, 11) is 0. The fourth-order valence-electron chi connectivity index (χ4n) is 1.74. The molecule has 0 amide bonds. The molecule has 0 fully saturated rings. The number of hydrogen-bond donors (Lipinski definition) is 0. The first-order valence-electron chi connectivity index (χ1n) is 6.04. The first-order chi connectivity index (χ1) is 8.42. The van der Waals surface area contributed by atoms with Gasteiger partial charge in [0.05, 0.1) is 0 Å². The Kier molecular flexibility index (Phi) is 5.64. The van der Waals surface area contributed by atoms with Crippen LogP contribution in [0.25, 0.3) is 0 Å². The highest BCUT2D eigenvalue weighted by Gasteiger charge is 2.31. The molecule has 18 heavy (non-hydrogen) atoms. The highest BCUT2D eigenvalue weighted by atomic mass is 35.5. The number of hydrogen-bond acceptors (Lipinski definition) is 2. The molecule has 0 spiro atoms. The van der Waals surface area contributed by atoms with Gasteiger partial charge in [-0.2, -0.15) is 0 Å². The molecule has 1 unspecified atom stereocenters. The zero-order valence-electron chi connectivity index (χ0n) is 10.9. The highest BCUT2D eigenvalue weighted by Crippen LogP contribution is 2.25. The molecule has 0 heterocycles. The predicted octanol–water partition coefficient (Wildman–Crippen LogP) is 4.31. The van der Waals surface area contributed by atoms with E-state index in [0.29, 0.717) is 23.1 Å². The van der Waals surface area contributed by atoms with Crippen LogP contribution >= 0.6 is 23.2 Å². The van der Waals surface area contributed by atoms with Crippen LogP contribution < -0.4 is 0 Å². The molecular formula is C14H18Cl2O2. The molecule has 1 rings (SSSR count). The third-order valence-corrected chi connectivity index (χ3v) is 3.69. The molecule has 1 aromatic rings. The van der Waals surface area contributed by atoms with Crippen molar-refractivity contribution in [1.82, 2.24) is 0 Å². The third-order valence-electron chi connectivity index (χ3n) is 3.09. The van der Waals surface area contributed by atoms with Crippen molar-refractivity contribution in [3.05, 3.63) is 33.8 Å². The van der Waals surface area contributed by atoms with Gasteiger partial charge < -0.3 is 4.74 Å². The Morgan fingerprint density at radius 2 is 2.00 bits per heavy atom. The lowest BCUT2D eigenvalue weighted by Crippen LogP contribution is -2.39. The first-order valence-corrected chi connectivity index (χ1v) is 6.79. The predicted molar refractivity (Wildman–Crippen MR) is 75.5 cm³/mol. The Labute approximate surface area is 118 Å². The van der Waals surface area contributed by atoms with E-state index in [0.717, 1.165) is 5.56 Å². The van der Waals surface area contributed by atoms with Gasteiger partial charge in [0.15, 0.2) is 5.78 Å². The highest BCUT2D eigenvalue weighted by molar-refractivity contribution is 6.33. The summed E-state index contributed by atoms with van der Waals surface area (Å²) in [6, 6.07) is 5.14. The molecule has 0 aromatic heterocycles. The Morgan fingerprint density at radius 3 is 2.56 bits per heavy atom. The van der Waals surface area contributed by atoms with Crippen molar-refractivity contribution < 1.29 is 9.53 Å². The minimum absolute atomic E-state index is 0.0241. The van der Waals surface area contributed by atoms with Crippen molar-refractivity contribution in [2.24, 2.45) is 0 Å². The molecule has 1 atom stereocenters. The van der Waals surface area contributed by atoms with E-state index >= 15 is 0 Å². The van der Waals surface area contributed by atoms with Gasteiger partial charge in [0.25, 0.3) is 0 Å². The maximum atomic E-state index is 12.3. The second-order valence-electron chi connectivity index (χ2n) is 4.35. The average Bonchev–Trinajstić information content (AvgIpc) is 2.34. The minimum Gasteiger partial charge on any atom is -0.368 e. The smallest absolute Gasteiger partial charge is 0.168 e. The summed E-state index contributed by atoms with van der Waals surface area (Å²) in [6.45, 7) is 6.15. The van der Waals surface area contributed by atoms with Crippen LogP contribution in [-0.4, -0.2) is 18.0 Å². The summed E-state index contributed by atoms with van der Waals surface area (Å²) in [5, 5.41) is 1.14. The summed E-state index contributed by atoms with van der Waals surface area (Å²) in [6.07, 6.45) is 0.877. The second kappa shape index (κ2) is 6.55. The van der Waals surface area contributed by atoms with Gasteiger partial charge in [-0.3, -0.25) is 4.79 Å². The molecule has 0 aliphatic carbocycles. The van der Waals surface area contributed by atoms with Crippen LogP contribution in [-0.2, 0) is 16.0 Å². The normalized spacial score (nSPS) is 14.3. The number of carbonyl (C=O) groups excluding carboxylic acids is 1. The van der Waals surface area contributed by atoms with Gasteiger partial charge >= 0.3 is 0 Å². The maximum Gasteiger partial charge on any atom is 0.168 e. The monoisotopic (exact) mass is 288 g/mol. The van der Waals surface area contributed by atoms with Crippen molar-refractivity contribution in [2.75, 3.05) is 6.61 Å². The van der Waals surface area contributed by atoms with Gasteiger partial charge in [-0.05, 0) is 44.0 Å². The van der Waals surface area contributed by atoms with Gasteiger partial charge in [0.2, 0.25) is 0 Å². The largest absolute Gasteiger partial charge is 0.368 e. The van der Waals surface area contributed by atoms with Gasteiger partial charge in [-0.1, -0.05) is 30.1 Å². The average molecular weight is 289 g/mol. The number of carbonyl (C=O) groups is 1. The van der Waals surface area contributed by atoms with E-state index in [1.807, 2.05) is 20.8 Å². The minimum atomic E-state index is -0.750. The van der Waals surface area contributed by atoms with Crippen molar-refractivity contribution in [3.8, 4) is 0 Å². The molecule has 100 valence electrons. The van der Waals surface area contributed by atoms with Crippen molar-refractivity contribution in [1.29, 1.82) is 0 Å². The zero-order valence-corrected chi connectivity index (χ0v) is 12.4. The molecule has 0 saturated carbocycles. The summed E-state index contributed by atoms with van der Waals surface area (Å²) in [4.78, 5) is 12.3. The second-order valence-corrected chi connectivity index (χ2v) is 5.20. The van der Waals surface area contributed by atoms with Gasteiger partial charge in [-0.25, -0.2) is 0 Å². The topological polar surface area (TPSA) is 26.3 Å². The lowest BCUT2D eigenvalue weighted by molar-refractivity contribution is -0.141. The Hall–Kier alpha value is -0.570.